The first kappa shape index (κ1) is 9.02. The molecule has 1 aliphatic rings. The summed E-state index contributed by atoms with van der Waals surface area (Å²) in [5, 5.41) is 13.0. The Hall–Kier alpha value is -0.550. The van der Waals surface area contributed by atoms with E-state index in [4.69, 9.17) is 0 Å². The molecule has 0 radical (unpaired) electrons. The normalized spacial score (nSPS) is 19.2. The van der Waals surface area contributed by atoms with Crippen LogP contribution in [0.25, 0.3) is 0 Å². The molecule has 13 heavy (non-hydrogen) atoms. The average molecular weight is 198 g/mol. The average Bonchev–Trinajstić information content (AvgIpc) is 2.54. The van der Waals surface area contributed by atoms with Crippen LogP contribution in [0.5, 0.6) is 0 Å². The van der Waals surface area contributed by atoms with E-state index in [1.165, 1.54) is 12.8 Å². The van der Waals surface area contributed by atoms with Crippen molar-refractivity contribution in [2.75, 3.05) is 13.1 Å². The smallest absolute Gasteiger partial charge is 0.191 e. The molecule has 5 heteroatoms. The van der Waals surface area contributed by atoms with Gasteiger partial charge in [-0.1, -0.05) is 11.8 Å². The maximum atomic E-state index is 4.07. The second kappa shape index (κ2) is 4.11. The molecule has 0 bridgehead atoms. The van der Waals surface area contributed by atoms with Crippen LogP contribution in [0.2, 0.25) is 0 Å². The minimum absolute atomic E-state index is 0.712. The molecule has 72 valence electrons. The van der Waals surface area contributed by atoms with Crippen LogP contribution in [0.3, 0.4) is 0 Å². The third-order valence-corrected chi connectivity index (χ3v) is 3.61. The lowest BCUT2D eigenvalue weighted by molar-refractivity contribution is 0.530. The number of aromatic nitrogens is 3. The molecule has 0 atom stereocenters. The maximum Gasteiger partial charge on any atom is 0.191 e. The molecule has 2 rings (SSSR count). The van der Waals surface area contributed by atoms with E-state index in [1.54, 1.807) is 6.33 Å². The van der Waals surface area contributed by atoms with Crippen molar-refractivity contribution in [2.24, 2.45) is 7.05 Å². The highest BCUT2D eigenvalue weighted by Crippen LogP contribution is 2.26. The van der Waals surface area contributed by atoms with Gasteiger partial charge in [-0.3, -0.25) is 0 Å². The summed E-state index contributed by atoms with van der Waals surface area (Å²) in [4.78, 5) is 0. The number of thioether (sulfide) groups is 1. The minimum Gasteiger partial charge on any atom is -0.317 e. The van der Waals surface area contributed by atoms with Crippen molar-refractivity contribution in [1.29, 1.82) is 0 Å². The van der Waals surface area contributed by atoms with E-state index < -0.39 is 0 Å². The highest BCUT2D eigenvalue weighted by molar-refractivity contribution is 7.99. The summed E-state index contributed by atoms with van der Waals surface area (Å²) in [5.41, 5.74) is 0. The Labute approximate surface area is 82.1 Å². The van der Waals surface area contributed by atoms with Crippen LogP contribution < -0.4 is 5.32 Å². The van der Waals surface area contributed by atoms with Gasteiger partial charge >= 0.3 is 0 Å². The zero-order valence-corrected chi connectivity index (χ0v) is 8.55. The van der Waals surface area contributed by atoms with Crippen LogP contribution in [0.4, 0.5) is 0 Å². The van der Waals surface area contributed by atoms with Gasteiger partial charge in [-0.2, -0.15) is 0 Å². The molecule has 1 aromatic heterocycles. The Morgan fingerprint density at radius 2 is 2.31 bits per heavy atom. The molecule has 0 aliphatic carbocycles. The van der Waals surface area contributed by atoms with Gasteiger partial charge in [-0.25, -0.2) is 0 Å². The van der Waals surface area contributed by atoms with Gasteiger partial charge in [-0.15, -0.1) is 10.2 Å². The number of rotatable bonds is 2. The summed E-state index contributed by atoms with van der Waals surface area (Å²) in [6.07, 6.45) is 4.22. The highest BCUT2D eigenvalue weighted by atomic mass is 32.2. The summed E-state index contributed by atoms with van der Waals surface area (Å²) < 4.78 is 1.98. The Morgan fingerprint density at radius 3 is 2.92 bits per heavy atom. The van der Waals surface area contributed by atoms with Crippen LogP contribution in [0.15, 0.2) is 11.5 Å². The van der Waals surface area contributed by atoms with E-state index in [-0.39, 0.29) is 0 Å². The van der Waals surface area contributed by atoms with E-state index in [0.29, 0.717) is 5.25 Å². The van der Waals surface area contributed by atoms with Crippen molar-refractivity contribution in [3.8, 4) is 0 Å². The molecule has 1 fully saturated rings. The van der Waals surface area contributed by atoms with Gasteiger partial charge in [0.15, 0.2) is 5.16 Å². The van der Waals surface area contributed by atoms with Crippen molar-refractivity contribution in [3.63, 3.8) is 0 Å². The second-order valence-corrected chi connectivity index (χ2v) is 4.56. The fourth-order valence-electron chi connectivity index (χ4n) is 1.44. The van der Waals surface area contributed by atoms with E-state index in [1.807, 2.05) is 23.4 Å². The molecule has 4 nitrogen and oxygen atoms in total. The minimum atomic E-state index is 0.712. The van der Waals surface area contributed by atoms with E-state index >= 15 is 0 Å². The van der Waals surface area contributed by atoms with Gasteiger partial charge < -0.3 is 9.88 Å². The SMILES string of the molecule is Cn1cnnc1SC1CCNCC1. The number of piperidine rings is 1. The monoisotopic (exact) mass is 198 g/mol. The van der Waals surface area contributed by atoms with Crippen molar-refractivity contribution in [3.05, 3.63) is 6.33 Å². The number of nitrogens with zero attached hydrogens (tertiary/aromatic N) is 3. The molecule has 0 saturated carbocycles. The molecular formula is C8H14N4S. The molecule has 0 aromatic carbocycles. The third-order valence-electron chi connectivity index (χ3n) is 2.23. The summed E-state index contributed by atoms with van der Waals surface area (Å²) in [5.74, 6) is 0. The second-order valence-electron chi connectivity index (χ2n) is 3.29. The largest absolute Gasteiger partial charge is 0.317 e. The lowest BCUT2D eigenvalue weighted by Gasteiger charge is -2.21. The fraction of sp³-hybridized carbons (Fsp3) is 0.750. The Bertz CT molecular complexity index is 267. The standard InChI is InChI=1S/C8H14N4S/c1-12-6-10-11-8(12)13-7-2-4-9-5-3-7/h6-7,9H,2-5H2,1H3. The zero-order valence-electron chi connectivity index (χ0n) is 7.73. The first-order valence-corrected chi connectivity index (χ1v) is 5.45. The molecule has 0 unspecified atom stereocenters. The van der Waals surface area contributed by atoms with Crippen molar-refractivity contribution >= 4 is 11.8 Å². The van der Waals surface area contributed by atoms with Gasteiger partial charge in [0.1, 0.15) is 6.33 Å². The molecule has 0 amide bonds. The zero-order chi connectivity index (χ0) is 9.10. The lowest BCUT2D eigenvalue weighted by atomic mass is 10.2. The fourth-order valence-corrected chi connectivity index (χ4v) is 2.52. The van der Waals surface area contributed by atoms with Crippen molar-refractivity contribution in [2.45, 2.75) is 23.2 Å². The quantitative estimate of drug-likeness (QED) is 0.758. The predicted octanol–water partition coefficient (Wildman–Crippen LogP) is 0.659. The van der Waals surface area contributed by atoms with Crippen LogP contribution in [-0.2, 0) is 7.05 Å². The molecule has 1 saturated heterocycles. The predicted molar refractivity (Wildman–Crippen MR) is 52.8 cm³/mol. The number of hydrogen-bond acceptors (Lipinski definition) is 4. The molecular weight excluding hydrogens is 184 g/mol. The van der Waals surface area contributed by atoms with Crippen molar-refractivity contribution < 1.29 is 0 Å². The first-order chi connectivity index (χ1) is 6.36. The van der Waals surface area contributed by atoms with Crippen LogP contribution >= 0.6 is 11.8 Å². The summed E-state index contributed by atoms with van der Waals surface area (Å²) >= 11 is 1.85. The van der Waals surface area contributed by atoms with Crippen LogP contribution in [0.1, 0.15) is 12.8 Å². The molecule has 1 aliphatic heterocycles. The highest BCUT2D eigenvalue weighted by Gasteiger charge is 2.16. The lowest BCUT2D eigenvalue weighted by Crippen LogP contribution is -2.29. The van der Waals surface area contributed by atoms with Crippen LogP contribution in [-0.4, -0.2) is 33.1 Å². The van der Waals surface area contributed by atoms with Crippen molar-refractivity contribution in [1.82, 2.24) is 20.1 Å². The summed E-state index contributed by atoms with van der Waals surface area (Å²) in [7, 11) is 1.99. The summed E-state index contributed by atoms with van der Waals surface area (Å²) in [6.45, 7) is 2.27. The van der Waals surface area contributed by atoms with Gasteiger partial charge in [0, 0.05) is 12.3 Å². The third kappa shape index (κ3) is 2.22. The Kier molecular flexibility index (Phi) is 2.85. The molecule has 1 aromatic rings. The van der Waals surface area contributed by atoms with Crippen LogP contribution in [0, 0.1) is 0 Å². The number of nitrogens with one attached hydrogen (secondary N) is 1. The summed E-state index contributed by atoms with van der Waals surface area (Å²) in [6, 6.07) is 0. The molecule has 1 N–H and O–H groups in total. The Morgan fingerprint density at radius 1 is 1.54 bits per heavy atom. The van der Waals surface area contributed by atoms with E-state index in [0.717, 1.165) is 18.2 Å². The first-order valence-electron chi connectivity index (χ1n) is 4.57. The van der Waals surface area contributed by atoms with Gasteiger partial charge in [0.25, 0.3) is 0 Å². The number of hydrogen-bond donors (Lipinski definition) is 1. The topological polar surface area (TPSA) is 42.7 Å². The van der Waals surface area contributed by atoms with Gasteiger partial charge in [0.2, 0.25) is 0 Å². The molecule has 2 heterocycles. The van der Waals surface area contributed by atoms with Gasteiger partial charge in [-0.05, 0) is 25.9 Å². The van der Waals surface area contributed by atoms with E-state index in [9.17, 15) is 0 Å². The molecule has 0 spiro atoms. The maximum absolute atomic E-state index is 4.07. The van der Waals surface area contributed by atoms with Gasteiger partial charge in [0.05, 0.1) is 0 Å². The Balaban J connectivity index is 1.93. The van der Waals surface area contributed by atoms with E-state index in [2.05, 4.69) is 15.5 Å². The number of aryl methyl sites for hydroxylation is 1.